The largest absolute Gasteiger partial charge is 0.392 e. The molecule has 1 aliphatic heterocycles. The van der Waals surface area contributed by atoms with Gasteiger partial charge in [-0.25, -0.2) is 4.98 Å². The third-order valence-electron chi connectivity index (χ3n) is 3.53. The SMILES string of the molecule is OC(Cc1nc2ccccc2s1)C1CCOCC1. The zero-order valence-electron chi connectivity index (χ0n) is 10.2. The van der Waals surface area contributed by atoms with E-state index in [9.17, 15) is 5.11 Å². The summed E-state index contributed by atoms with van der Waals surface area (Å²) in [6, 6.07) is 8.13. The lowest BCUT2D eigenvalue weighted by molar-refractivity contribution is 0.00840. The van der Waals surface area contributed by atoms with Crippen LogP contribution in [0.15, 0.2) is 24.3 Å². The molecule has 1 fully saturated rings. The molecule has 0 spiro atoms. The van der Waals surface area contributed by atoms with E-state index in [0.29, 0.717) is 12.3 Å². The molecular weight excluding hydrogens is 246 g/mol. The number of aromatic nitrogens is 1. The molecule has 1 aromatic carbocycles. The normalized spacial score (nSPS) is 19.2. The van der Waals surface area contributed by atoms with E-state index in [-0.39, 0.29) is 6.10 Å². The van der Waals surface area contributed by atoms with Crippen molar-refractivity contribution in [3.05, 3.63) is 29.3 Å². The summed E-state index contributed by atoms with van der Waals surface area (Å²) in [7, 11) is 0. The van der Waals surface area contributed by atoms with Gasteiger partial charge in [-0.05, 0) is 30.9 Å². The van der Waals surface area contributed by atoms with Gasteiger partial charge in [-0.3, -0.25) is 0 Å². The summed E-state index contributed by atoms with van der Waals surface area (Å²) in [5.41, 5.74) is 1.04. The third kappa shape index (κ3) is 2.55. The molecule has 0 bridgehead atoms. The number of ether oxygens (including phenoxy) is 1. The quantitative estimate of drug-likeness (QED) is 0.925. The molecule has 4 heteroatoms. The molecule has 3 rings (SSSR count). The van der Waals surface area contributed by atoms with Gasteiger partial charge >= 0.3 is 0 Å². The van der Waals surface area contributed by atoms with Crippen LogP contribution in [-0.4, -0.2) is 29.4 Å². The van der Waals surface area contributed by atoms with Gasteiger partial charge in [0.25, 0.3) is 0 Å². The van der Waals surface area contributed by atoms with Gasteiger partial charge in [-0.15, -0.1) is 11.3 Å². The number of aliphatic hydroxyl groups is 1. The number of rotatable bonds is 3. The highest BCUT2D eigenvalue weighted by molar-refractivity contribution is 7.18. The fraction of sp³-hybridized carbons (Fsp3) is 0.500. The molecule has 1 aromatic heterocycles. The van der Waals surface area contributed by atoms with Gasteiger partial charge in [0.2, 0.25) is 0 Å². The molecule has 96 valence electrons. The van der Waals surface area contributed by atoms with Crippen molar-refractivity contribution in [2.45, 2.75) is 25.4 Å². The van der Waals surface area contributed by atoms with Crippen molar-refractivity contribution in [3.8, 4) is 0 Å². The van der Waals surface area contributed by atoms with E-state index < -0.39 is 0 Å². The lowest BCUT2D eigenvalue weighted by atomic mass is 9.92. The number of nitrogens with zero attached hydrogens (tertiary/aromatic N) is 1. The highest BCUT2D eigenvalue weighted by Crippen LogP contribution is 2.26. The predicted octanol–water partition coefficient (Wildman–Crippen LogP) is 2.63. The molecule has 18 heavy (non-hydrogen) atoms. The second-order valence-electron chi connectivity index (χ2n) is 4.80. The van der Waals surface area contributed by atoms with Crippen LogP contribution in [0.3, 0.4) is 0 Å². The van der Waals surface area contributed by atoms with Crippen LogP contribution >= 0.6 is 11.3 Å². The average Bonchev–Trinajstić information content (AvgIpc) is 2.82. The summed E-state index contributed by atoms with van der Waals surface area (Å²) in [5.74, 6) is 0.366. The topological polar surface area (TPSA) is 42.4 Å². The van der Waals surface area contributed by atoms with Crippen LogP contribution in [0.5, 0.6) is 0 Å². The fourth-order valence-corrected chi connectivity index (χ4v) is 3.47. The molecule has 0 amide bonds. The number of aliphatic hydroxyl groups excluding tert-OH is 1. The number of hydrogen-bond donors (Lipinski definition) is 1. The highest BCUT2D eigenvalue weighted by atomic mass is 32.1. The van der Waals surface area contributed by atoms with Crippen LogP contribution in [0.4, 0.5) is 0 Å². The number of hydrogen-bond acceptors (Lipinski definition) is 4. The molecule has 1 unspecified atom stereocenters. The van der Waals surface area contributed by atoms with Crippen LogP contribution in [0.2, 0.25) is 0 Å². The zero-order chi connectivity index (χ0) is 12.4. The summed E-state index contributed by atoms with van der Waals surface area (Å²) in [4.78, 5) is 4.57. The van der Waals surface area contributed by atoms with Crippen LogP contribution in [-0.2, 0) is 11.2 Å². The molecule has 2 aromatic rings. The first-order valence-electron chi connectivity index (χ1n) is 6.43. The minimum Gasteiger partial charge on any atom is -0.392 e. The van der Waals surface area contributed by atoms with Crippen molar-refractivity contribution >= 4 is 21.6 Å². The molecule has 0 aliphatic carbocycles. The Kier molecular flexibility index (Phi) is 3.59. The predicted molar refractivity (Wildman–Crippen MR) is 72.9 cm³/mol. The Bertz CT molecular complexity index is 486. The van der Waals surface area contributed by atoms with Gasteiger partial charge in [0, 0.05) is 19.6 Å². The molecular formula is C14H17NO2S. The van der Waals surface area contributed by atoms with E-state index >= 15 is 0 Å². The van der Waals surface area contributed by atoms with Crippen LogP contribution in [0.1, 0.15) is 17.8 Å². The van der Waals surface area contributed by atoms with Crippen molar-refractivity contribution < 1.29 is 9.84 Å². The maximum Gasteiger partial charge on any atom is 0.0964 e. The first-order chi connectivity index (χ1) is 8.83. The van der Waals surface area contributed by atoms with Gasteiger partial charge in [-0.1, -0.05) is 12.1 Å². The van der Waals surface area contributed by atoms with Crippen molar-refractivity contribution in [2.24, 2.45) is 5.92 Å². The molecule has 1 aliphatic rings. The number of benzene rings is 1. The Morgan fingerprint density at radius 3 is 2.89 bits per heavy atom. The first-order valence-corrected chi connectivity index (χ1v) is 7.25. The molecule has 1 atom stereocenters. The fourth-order valence-electron chi connectivity index (χ4n) is 2.45. The van der Waals surface area contributed by atoms with E-state index in [2.05, 4.69) is 11.1 Å². The Balaban J connectivity index is 1.71. The maximum atomic E-state index is 10.3. The van der Waals surface area contributed by atoms with Gasteiger partial charge in [0.05, 0.1) is 21.3 Å². The zero-order valence-corrected chi connectivity index (χ0v) is 11.0. The molecule has 1 N–H and O–H groups in total. The summed E-state index contributed by atoms with van der Waals surface area (Å²) in [6.45, 7) is 1.56. The van der Waals surface area contributed by atoms with E-state index in [1.807, 2.05) is 18.2 Å². The average molecular weight is 263 g/mol. The minimum atomic E-state index is -0.283. The summed E-state index contributed by atoms with van der Waals surface area (Å²) < 4.78 is 6.52. The molecule has 0 radical (unpaired) electrons. The second kappa shape index (κ2) is 5.34. The van der Waals surface area contributed by atoms with Crippen molar-refractivity contribution in [2.75, 3.05) is 13.2 Å². The molecule has 1 saturated heterocycles. The van der Waals surface area contributed by atoms with E-state index in [4.69, 9.17) is 4.74 Å². The summed E-state index contributed by atoms with van der Waals surface area (Å²) in [6.07, 6.45) is 2.32. The number of para-hydroxylation sites is 1. The van der Waals surface area contributed by atoms with Crippen LogP contribution < -0.4 is 0 Å². The van der Waals surface area contributed by atoms with Crippen LogP contribution in [0.25, 0.3) is 10.2 Å². The van der Waals surface area contributed by atoms with Crippen molar-refractivity contribution in [3.63, 3.8) is 0 Å². The van der Waals surface area contributed by atoms with E-state index in [1.165, 1.54) is 4.70 Å². The van der Waals surface area contributed by atoms with Crippen molar-refractivity contribution in [1.82, 2.24) is 4.98 Å². The Morgan fingerprint density at radius 2 is 2.11 bits per heavy atom. The Hall–Kier alpha value is -0.970. The first kappa shape index (κ1) is 12.1. The van der Waals surface area contributed by atoms with Gasteiger partial charge in [0.15, 0.2) is 0 Å². The van der Waals surface area contributed by atoms with Gasteiger partial charge < -0.3 is 9.84 Å². The lowest BCUT2D eigenvalue weighted by Gasteiger charge is -2.26. The van der Waals surface area contributed by atoms with Crippen molar-refractivity contribution in [1.29, 1.82) is 0 Å². The smallest absolute Gasteiger partial charge is 0.0964 e. The molecule has 0 saturated carbocycles. The summed E-state index contributed by atoms with van der Waals surface area (Å²) >= 11 is 1.69. The highest BCUT2D eigenvalue weighted by Gasteiger charge is 2.23. The Labute approximate surface area is 110 Å². The van der Waals surface area contributed by atoms with Gasteiger partial charge in [-0.2, -0.15) is 0 Å². The summed E-state index contributed by atoms with van der Waals surface area (Å²) in [5, 5.41) is 11.3. The third-order valence-corrected chi connectivity index (χ3v) is 4.59. The maximum absolute atomic E-state index is 10.3. The van der Waals surface area contributed by atoms with E-state index in [1.54, 1.807) is 11.3 Å². The number of fused-ring (bicyclic) bond motifs is 1. The lowest BCUT2D eigenvalue weighted by Crippen LogP contribution is -2.28. The molecule has 2 heterocycles. The second-order valence-corrected chi connectivity index (χ2v) is 5.91. The van der Waals surface area contributed by atoms with Crippen LogP contribution in [0, 0.1) is 5.92 Å². The van der Waals surface area contributed by atoms with Gasteiger partial charge in [0.1, 0.15) is 0 Å². The van der Waals surface area contributed by atoms with E-state index in [0.717, 1.165) is 36.6 Å². The number of thiazole rings is 1. The standard InChI is InChI=1S/C14H17NO2S/c16-12(10-5-7-17-8-6-10)9-14-15-11-3-1-2-4-13(11)18-14/h1-4,10,12,16H,5-9H2. The monoisotopic (exact) mass is 263 g/mol. The Morgan fingerprint density at radius 1 is 1.33 bits per heavy atom. The minimum absolute atomic E-state index is 0.283. The molecule has 3 nitrogen and oxygen atoms in total.